The Labute approximate surface area is 164 Å². The zero-order valence-electron chi connectivity index (χ0n) is 15.9. The smallest absolute Gasteiger partial charge is 0.216 e. The summed E-state index contributed by atoms with van der Waals surface area (Å²) in [5.41, 5.74) is 1.97. The van der Waals surface area contributed by atoms with Crippen LogP contribution in [0, 0.1) is 13.8 Å². The number of oxazole rings is 1. The first-order valence-electron chi connectivity index (χ1n) is 9.10. The highest BCUT2D eigenvalue weighted by atomic mass is 35.5. The van der Waals surface area contributed by atoms with Crippen LogP contribution >= 0.6 is 11.6 Å². The van der Waals surface area contributed by atoms with Gasteiger partial charge in [-0.15, -0.1) is 0 Å². The lowest BCUT2D eigenvalue weighted by Gasteiger charge is -2.20. The molecule has 7 nitrogen and oxygen atoms in total. The molecule has 0 fully saturated rings. The number of hydrogen-bond donors (Lipinski definition) is 2. The molecule has 3 rings (SSSR count). The van der Waals surface area contributed by atoms with E-state index < -0.39 is 0 Å². The van der Waals surface area contributed by atoms with Gasteiger partial charge in [-0.3, -0.25) is 0 Å². The van der Waals surface area contributed by atoms with Crippen molar-refractivity contribution >= 4 is 17.6 Å². The van der Waals surface area contributed by atoms with Gasteiger partial charge in [0.15, 0.2) is 17.5 Å². The molecular weight excluding hydrogens is 368 g/mol. The van der Waals surface area contributed by atoms with E-state index in [9.17, 15) is 0 Å². The van der Waals surface area contributed by atoms with E-state index in [1.165, 1.54) is 0 Å². The van der Waals surface area contributed by atoms with Gasteiger partial charge in [-0.05, 0) is 44.9 Å². The van der Waals surface area contributed by atoms with Crippen molar-refractivity contribution in [2.75, 3.05) is 26.3 Å². The fourth-order valence-corrected chi connectivity index (χ4v) is 3.02. The largest absolute Gasteiger partial charge is 0.486 e. The Balaban J connectivity index is 1.58. The Morgan fingerprint density at radius 2 is 2.04 bits per heavy atom. The number of nitrogens with zero attached hydrogens (tertiary/aromatic N) is 2. The molecule has 27 heavy (non-hydrogen) atoms. The van der Waals surface area contributed by atoms with Crippen LogP contribution in [0.2, 0.25) is 5.02 Å². The molecule has 2 N–H and O–H groups in total. The second-order valence-electron chi connectivity index (χ2n) is 6.22. The van der Waals surface area contributed by atoms with E-state index in [4.69, 9.17) is 25.5 Å². The third-order valence-electron chi connectivity index (χ3n) is 4.15. The standard InChI is InChI=1S/C19H25ClN4O3/c1-4-21-19(23-11-17-24-12(2)13(3)27-17)22-6-5-14-9-15(20)18-16(10-14)25-7-8-26-18/h9-10H,4-8,11H2,1-3H3,(H2,21,22,23). The Morgan fingerprint density at radius 1 is 1.22 bits per heavy atom. The first-order chi connectivity index (χ1) is 13.1. The van der Waals surface area contributed by atoms with Crippen LogP contribution in [-0.2, 0) is 13.0 Å². The number of aromatic nitrogens is 1. The number of fused-ring (bicyclic) bond motifs is 1. The molecule has 0 unspecified atom stereocenters. The van der Waals surface area contributed by atoms with Crippen molar-refractivity contribution in [2.24, 2.45) is 4.99 Å². The fourth-order valence-electron chi connectivity index (χ4n) is 2.73. The van der Waals surface area contributed by atoms with E-state index in [0.717, 1.165) is 35.9 Å². The van der Waals surface area contributed by atoms with Gasteiger partial charge in [0.1, 0.15) is 25.5 Å². The molecular formula is C19H25ClN4O3. The highest BCUT2D eigenvalue weighted by Crippen LogP contribution is 2.38. The molecule has 2 heterocycles. The van der Waals surface area contributed by atoms with Gasteiger partial charge in [0, 0.05) is 13.1 Å². The number of nitrogens with one attached hydrogen (secondary N) is 2. The summed E-state index contributed by atoms with van der Waals surface area (Å²) in [6, 6.07) is 3.89. The van der Waals surface area contributed by atoms with Gasteiger partial charge in [-0.2, -0.15) is 0 Å². The number of halogens is 1. The number of hydrogen-bond acceptors (Lipinski definition) is 5. The van der Waals surface area contributed by atoms with Gasteiger partial charge in [-0.1, -0.05) is 11.6 Å². The maximum absolute atomic E-state index is 6.29. The minimum absolute atomic E-state index is 0.389. The molecule has 1 aromatic carbocycles. The Hall–Kier alpha value is -2.41. The number of benzene rings is 1. The fraction of sp³-hybridized carbons (Fsp3) is 0.474. The molecule has 8 heteroatoms. The molecule has 0 atom stereocenters. The molecule has 146 valence electrons. The zero-order valence-corrected chi connectivity index (χ0v) is 16.7. The van der Waals surface area contributed by atoms with Crippen LogP contribution in [0.15, 0.2) is 21.5 Å². The monoisotopic (exact) mass is 392 g/mol. The van der Waals surface area contributed by atoms with Gasteiger partial charge >= 0.3 is 0 Å². The second-order valence-corrected chi connectivity index (χ2v) is 6.63. The third kappa shape index (κ3) is 5.07. The van der Waals surface area contributed by atoms with E-state index in [1.54, 1.807) is 0 Å². The average molecular weight is 393 g/mol. The third-order valence-corrected chi connectivity index (χ3v) is 4.43. The number of aryl methyl sites for hydroxylation is 2. The normalized spacial score (nSPS) is 13.6. The predicted molar refractivity (Wildman–Crippen MR) is 105 cm³/mol. The lowest BCUT2D eigenvalue weighted by Crippen LogP contribution is -2.38. The Morgan fingerprint density at radius 3 is 2.78 bits per heavy atom. The molecule has 1 aromatic heterocycles. The van der Waals surface area contributed by atoms with Crippen LogP contribution in [0.25, 0.3) is 0 Å². The summed E-state index contributed by atoms with van der Waals surface area (Å²) in [6.45, 7) is 8.78. The van der Waals surface area contributed by atoms with E-state index in [2.05, 4.69) is 20.6 Å². The van der Waals surface area contributed by atoms with Gasteiger partial charge < -0.3 is 24.5 Å². The van der Waals surface area contributed by atoms with Crippen LogP contribution in [0.3, 0.4) is 0 Å². The lowest BCUT2D eigenvalue weighted by molar-refractivity contribution is 0.171. The number of rotatable bonds is 6. The quantitative estimate of drug-likeness (QED) is 0.581. The summed E-state index contributed by atoms with van der Waals surface area (Å²) in [7, 11) is 0. The van der Waals surface area contributed by atoms with E-state index in [-0.39, 0.29) is 0 Å². The molecule has 1 aliphatic heterocycles. The minimum atomic E-state index is 0.389. The van der Waals surface area contributed by atoms with Crippen molar-refractivity contribution in [1.82, 2.24) is 15.6 Å². The van der Waals surface area contributed by atoms with Gasteiger partial charge in [0.25, 0.3) is 0 Å². The Kier molecular flexibility index (Phi) is 6.45. The highest BCUT2D eigenvalue weighted by Gasteiger charge is 2.16. The summed E-state index contributed by atoms with van der Waals surface area (Å²) < 4.78 is 16.7. The number of guanidine groups is 1. The Bertz CT molecular complexity index is 800. The SMILES string of the molecule is CCNC(=NCc1nc(C)c(C)o1)NCCc1cc(Cl)c2c(c1)OCCO2. The molecule has 0 bridgehead atoms. The predicted octanol–water partition coefficient (Wildman–Crippen LogP) is 3.01. The van der Waals surface area contributed by atoms with E-state index >= 15 is 0 Å². The molecule has 2 aromatic rings. The molecule has 0 amide bonds. The van der Waals surface area contributed by atoms with Gasteiger partial charge in [0.05, 0.1) is 10.7 Å². The summed E-state index contributed by atoms with van der Waals surface area (Å²) in [4.78, 5) is 8.88. The van der Waals surface area contributed by atoms with Crippen molar-refractivity contribution in [3.63, 3.8) is 0 Å². The van der Waals surface area contributed by atoms with Crippen molar-refractivity contribution < 1.29 is 13.9 Å². The van der Waals surface area contributed by atoms with Crippen molar-refractivity contribution in [3.05, 3.63) is 40.1 Å². The number of aliphatic imine (C=N–C) groups is 1. The maximum atomic E-state index is 6.29. The number of ether oxygens (including phenoxy) is 2. The summed E-state index contributed by atoms with van der Waals surface area (Å²) in [6.07, 6.45) is 0.776. The van der Waals surface area contributed by atoms with Crippen LogP contribution in [-0.4, -0.2) is 37.2 Å². The molecule has 1 aliphatic rings. The summed E-state index contributed by atoms with van der Waals surface area (Å²) in [5.74, 6) is 3.49. The molecule has 0 radical (unpaired) electrons. The minimum Gasteiger partial charge on any atom is -0.486 e. The maximum Gasteiger partial charge on any atom is 0.216 e. The second kappa shape index (κ2) is 8.99. The van der Waals surface area contributed by atoms with Crippen molar-refractivity contribution in [1.29, 1.82) is 0 Å². The first kappa shape index (κ1) is 19.4. The van der Waals surface area contributed by atoms with Crippen molar-refractivity contribution in [2.45, 2.75) is 33.7 Å². The highest BCUT2D eigenvalue weighted by molar-refractivity contribution is 6.32. The lowest BCUT2D eigenvalue weighted by atomic mass is 10.1. The average Bonchev–Trinajstić information content (AvgIpc) is 2.97. The van der Waals surface area contributed by atoms with Crippen LogP contribution in [0.5, 0.6) is 11.5 Å². The van der Waals surface area contributed by atoms with Crippen LogP contribution in [0.1, 0.15) is 29.8 Å². The first-order valence-corrected chi connectivity index (χ1v) is 9.47. The van der Waals surface area contributed by atoms with Crippen molar-refractivity contribution in [3.8, 4) is 11.5 Å². The van der Waals surface area contributed by atoms with E-state index in [0.29, 0.717) is 48.7 Å². The van der Waals surface area contributed by atoms with Gasteiger partial charge in [0.2, 0.25) is 5.89 Å². The van der Waals surface area contributed by atoms with E-state index in [1.807, 2.05) is 32.9 Å². The topological polar surface area (TPSA) is 80.9 Å². The molecule has 0 saturated heterocycles. The molecule has 0 aliphatic carbocycles. The summed E-state index contributed by atoms with van der Waals surface area (Å²) in [5, 5.41) is 7.12. The molecule has 0 saturated carbocycles. The molecule has 0 spiro atoms. The van der Waals surface area contributed by atoms with Crippen LogP contribution < -0.4 is 20.1 Å². The van der Waals surface area contributed by atoms with Gasteiger partial charge in [-0.25, -0.2) is 9.98 Å². The summed E-state index contributed by atoms with van der Waals surface area (Å²) >= 11 is 6.29. The van der Waals surface area contributed by atoms with Crippen LogP contribution in [0.4, 0.5) is 0 Å². The zero-order chi connectivity index (χ0) is 19.2.